The molecule has 1 aromatic heterocycles. The molecule has 0 spiro atoms. The van der Waals surface area contributed by atoms with Crippen LogP contribution in [-0.2, 0) is 35.4 Å². The number of carbonyl (C=O) groups is 3. The lowest BCUT2D eigenvalue weighted by Gasteiger charge is -2.11. The molecule has 150 valence electrons. The highest BCUT2D eigenvalue weighted by Crippen LogP contribution is 2.22. The minimum atomic E-state index is -3.10. The first-order valence-corrected chi connectivity index (χ1v) is 10.4. The third kappa shape index (κ3) is 4.50. The quantitative estimate of drug-likeness (QED) is 0.681. The van der Waals surface area contributed by atoms with Crippen LogP contribution in [-0.4, -0.2) is 62.1 Å². The number of carbonyl (C=O) groups excluding carboxylic acids is 3. The number of ether oxygens (including phenoxy) is 2. The zero-order chi connectivity index (χ0) is 20.3. The maximum absolute atomic E-state index is 12.1. The van der Waals surface area contributed by atoms with Crippen molar-refractivity contribution in [2.75, 3.05) is 25.2 Å². The normalized spacial score (nSPS) is 18.0. The summed E-state index contributed by atoms with van der Waals surface area (Å²) in [5.41, 5.74) is 0.978. The molecule has 2 heterocycles. The first-order valence-electron chi connectivity index (χ1n) is 8.60. The number of sulfone groups is 1. The smallest absolute Gasteiger partial charge is 0.340 e. The Balaban J connectivity index is 1.59. The van der Waals surface area contributed by atoms with Gasteiger partial charge in [-0.25, -0.2) is 13.2 Å². The van der Waals surface area contributed by atoms with Crippen LogP contribution in [0.1, 0.15) is 16.8 Å². The highest BCUT2D eigenvalue weighted by Gasteiger charge is 2.29. The molecule has 2 aromatic rings. The number of fused-ring (bicyclic) bond motifs is 1. The predicted octanol–water partition coefficient (Wildman–Crippen LogP) is 0.274. The fourth-order valence-electron chi connectivity index (χ4n) is 3.16. The molecular weight excluding hydrogens is 388 g/mol. The first kappa shape index (κ1) is 19.9. The van der Waals surface area contributed by atoms with E-state index >= 15 is 0 Å². The molecule has 3 rings (SSSR count). The number of benzene rings is 1. The van der Waals surface area contributed by atoms with Gasteiger partial charge in [-0.3, -0.25) is 9.59 Å². The number of rotatable bonds is 6. The van der Waals surface area contributed by atoms with Gasteiger partial charge in [0.25, 0.3) is 5.91 Å². The van der Waals surface area contributed by atoms with Gasteiger partial charge in [0.2, 0.25) is 0 Å². The minimum absolute atomic E-state index is 0.0426. The van der Waals surface area contributed by atoms with Gasteiger partial charge in [0, 0.05) is 23.1 Å². The van der Waals surface area contributed by atoms with E-state index in [9.17, 15) is 22.8 Å². The first-order chi connectivity index (χ1) is 13.3. The molecule has 10 heteroatoms. The maximum atomic E-state index is 12.1. The SMILES string of the molecule is COC(=O)c1cn(CC(=O)OCC(=O)N[C@H]2CCS(=O)(=O)C2)c2ccccc12. The van der Waals surface area contributed by atoms with Gasteiger partial charge in [0.15, 0.2) is 16.4 Å². The van der Waals surface area contributed by atoms with Crippen molar-refractivity contribution in [2.45, 2.75) is 19.0 Å². The van der Waals surface area contributed by atoms with Gasteiger partial charge in [-0.1, -0.05) is 18.2 Å². The molecule has 28 heavy (non-hydrogen) atoms. The van der Waals surface area contributed by atoms with Crippen molar-refractivity contribution in [1.82, 2.24) is 9.88 Å². The van der Waals surface area contributed by atoms with Crippen molar-refractivity contribution in [1.29, 1.82) is 0 Å². The summed E-state index contributed by atoms with van der Waals surface area (Å²) in [5, 5.41) is 3.19. The number of para-hydroxylation sites is 1. The van der Waals surface area contributed by atoms with E-state index in [2.05, 4.69) is 5.32 Å². The monoisotopic (exact) mass is 408 g/mol. The lowest BCUT2D eigenvalue weighted by atomic mass is 10.2. The van der Waals surface area contributed by atoms with E-state index in [1.807, 2.05) is 0 Å². The number of hydrogen-bond acceptors (Lipinski definition) is 7. The number of nitrogens with one attached hydrogen (secondary N) is 1. The van der Waals surface area contributed by atoms with E-state index in [4.69, 9.17) is 9.47 Å². The Kier molecular flexibility index (Phi) is 5.68. The summed E-state index contributed by atoms with van der Waals surface area (Å²) in [4.78, 5) is 35.9. The van der Waals surface area contributed by atoms with Crippen LogP contribution in [0.2, 0.25) is 0 Å². The van der Waals surface area contributed by atoms with Crippen molar-refractivity contribution in [2.24, 2.45) is 0 Å². The second-order valence-electron chi connectivity index (χ2n) is 6.51. The largest absolute Gasteiger partial charge is 0.465 e. The second kappa shape index (κ2) is 8.01. The fraction of sp³-hybridized carbons (Fsp3) is 0.389. The number of nitrogens with zero attached hydrogens (tertiary/aromatic N) is 1. The van der Waals surface area contributed by atoms with Gasteiger partial charge in [0.05, 0.1) is 24.2 Å². The van der Waals surface area contributed by atoms with E-state index in [0.717, 1.165) is 0 Å². The summed E-state index contributed by atoms with van der Waals surface area (Å²) in [5.74, 6) is -1.79. The maximum Gasteiger partial charge on any atom is 0.340 e. The predicted molar refractivity (Wildman–Crippen MR) is 99.4 cm³/mol. The Labute approximate surface area is 161 Å². The third-order valence-electron chi connectivity index (χ3n) is 4.46. The molecule has 1 aromatic carbocycles. The summed E-state index contributed by atoms with van der Waals surface area (Å²) in [6, 6.07) is 6.58. The molecule has 0 saturated carbocycles. The molecule has 1 atom stereocenters. The molecule has 1 N–H and O–H groups in total. The van der Waals surface area contributed by atoms with Gasteiger partial charge in [-0.2, -0.15) is 0 Å². The summed E-state index contributed by atoms with van der Waals surface area (Å²) in [6.07, 6.45) is 1.86. The van der Waals surface area contributed by atoms with Crippen LogP contribution in [0, 0.1) is 0 Å². The molecule has 1 aliphatic rings. The Bertz CT molecular complexity index is 1030. The summed E-state index contributed by atoms with van der Waals surface area (Å²) in [6.45, 7) is -0.693. The molecule has 9 nitrogen and oxygen atoms in total. The Morgan fingerprint density at radius 2 is 2.00 bits per heavy atom. The van der Waals surface area contributed by atoms with Crippen LogP contribution in [0.5, 0.6) is 0 Å². The van der Waals surface area contributed by atoms with Gasteiger partial charge in [-0.15, -0.1) is 0 Å². The average molecular weight is 408 g/mol. The van der Waals surface area contributed by atoms with Crippen LogP contribution >= 0.6 is 0 Å². The molecule has 1 fully saturated rings. The molecule has 1 aliphatic heterocycles. The van der Waals surface area contributed by atoms with Crippen LogP contribution in [0.3, 0.4) is 0 Å². The zero-order valence-electron chi connectivity index (χ0n) is 15.2. The molecule has 1 saturated heterocycles. The highest BCUT2D eigenvalue weighted by atomic mass is 32.2. The second-order valence-corrected chi connectivity index (χ2v) is 8.74. The van der Waals surface area contributed by atoms with E-state index in [0.29, 0.717) is 22.9 Å². The molecule has 0 unspecified atom stereocenters. The third-order valence-corrected chi connectivity index (χ3v) is 6.22. The highest BCUT2D eigenvalue weighted by molar-refractivity contribution is 7.91. The molecular formula is C18H20N2O7S. The van der Waals surface area contributed by atoms with Crippen LogP contribution in [0.25, 0.3) is 10.9 Å². The number of aromatic nitrogens is 1. The van der Waals surface area contributed by atoms with Crippen LogP contribution in [0.4, 0.5) is 0 Å². The molecule has 0 aliphatic carbocycles. The number of hydrogen-bond donors (Lipinski definition) is 1. The van der Waals surface area contributed by atoms with Gasteiger partial charge in [-0.05, 0) is 12.5 Å². The van der Waals surface area contributed by atoms with E-state index in [1.165, 1.54) is 13.3 Å². The summed E-state index contributed by atoms with van der Waals surface area (Å²) < 4.78 is 34.1. The van der Waals surface area contributed by atoms with Crippen LogP contribution < -0.4 is 5.32 Å². The fourth-order valence-corrected chi connectivity index (χ4v) is 4.83. The minimum Gasteiger partial charge on any atom is -0.465 e. The Morgan fingerprint density at radius 3 is 2.68 bits per heavy atom. The Hall–Kier alpha value is -2.88. The van der Waals surface area contributed by atoms with Crippen molar-refractivity contribution in [3.8, 4) is 0 Å². The van der Waals surface area contributed by atoms with E-state index < -0.39 is 40.3 Å². The Morgan fingerprint density at radius 1 is 1.25 bits per heavy atom. The molecule has 0 bridgehead atoms. The van der Waals surface area contributed by atoms with E-state index in [1.54, 1.807) is 28.8 Å². The lowest BCUT2D eigenvalue weighted by molar-refractivity contribution is -0.149. The van der Waals surface area contributed by atoms with Crippen molar-refractivity contribution in [3.63, 3.8) is 0 Å². The van der Waals surface area contributed by atoms with Crippen molar-refractivity contribution in [3.05, 3.63) is 36.0 Å². The van der Waals surface area contributed by atoms with Crippen LogP contribution in [0.15, 0.2) is 30.5 Å². The lowest BCUT2D eigenvalue weighted by Crippen LogP contribution is -2.38. The van der Waals surface area contributed by atoms with Gasteiger partial charge < -0.3 is 19.4 Å². The van der Waals surface area contributed by atoms with Crippen molar-refractivity contribution < 1.29 is 32.3 Å². The summed E-state index contributed by atoms with van der Waals surface area (Å²) in [7, 11) is -1.83. The number of amides is 1. The standard InChI is InChI=1S/C18H20N2O7S/c1-26-18(23)14-8-20(15-5-3-2-4-13(14)15)9-17(22)27-10-16(21)19-12-6-7-28(24,25)11-12/h2-5,8,12H,6-7,9-11H2,1H3,(H,19,21)/t12-/m0/s1. The summed E-state index contributed by atoms with van der Waals surface area (Å²) >= 11 is 0. The molecule has 0 radical (unpaired) electrons. The zero-order valence-corrected chi connectivity index (χ0v) is 16.0. The van der Waals surface area contributed by atoms with Gasteiger partial charge >= 0.3 is 11.9 Å². The van der Waals surface area contributed by atoms with Gasteiger partial charge in [0.1, 0.15) is 6.54 Å². The number of esters is 2. The average Bonchev–Trinajstić information content (AvgIpc) is 3.19. The number of methoxy groups -OCH3 is 1. The topological polar surface area (TPSA) is 121 Å². The van der Waals surface area contributed by atoms with E-state index in [-0.39, 0.29) is 18.1 Å². The van der Waals surface area contributed by atoms with Crippen molar-refractivity contribution >= 4 is 38.6 Å². The molecule has 1 amide bonds.